The zero-order valence-electron chi connectivity index (χ0n) is 19.9. The van der Waals surface area contributed by atoms with E-state index in [1.165, 1.54) is 76.8 Å². The van der Waals surface area contributed by atoms with E-state index in [4.69, 9.17) is 10.1 Å². The molecule has 0 aliphatic rings. The van der Waals surface area contributed by atoms with Gasteiger partial charge in [-0.2, -0.15) is 0 Å². The van der Waals surface area contributed by atoms with Gasteiger partial charge in [0.2, 0.25) is 0 Å². The molecule has 0 spiro atoms. The molecule has 172 valence electrons. The van der Waals surface area contributed by atoms with Crippen molar-refractivity contribution in [3.63, 3.8) is 0 Å². The molecule has 0 radical (unpaired) electrons. The second-order valence-corrected chi connectivity index (χ2v) is 8.83. The minimum Gasteiger partial charge on any atom is -0.462 e. The van der Waals surface area contributed by atoms with Gasteiger partial charge in [0.25, 0.3) is 0 Å². The molecular formula is C25H50N2O2. The smallest absolute Gasteiger partial charge is 0.306 e. The number of nitrogens with one attached hydrogen (secondary N) is 1. The van der Waals surface area contributed by atoms with E-state index in [2.05, 4.69) is 11.8 Å². The molecule has 4 nitrogen and oxygen atoms in total. The van der Waals surface area contributed by atoms with Gasteiger partial charge in [0, 0.05) is 6.42 Å². The van der Waals surface area contributed by atoms with Gasteiger partial charge >= 0.3 is 5.97 Å². The quantitative estimate of drug-likeness (QED) is 0.117. The van der Waals surface area contributed by atoms with Crippen LogP contribution in [0.5, 0.6) is 0 Å². The third-order valence-corrected chi connectivity index (χ3v) is 5.54. The maximum absolute atomic E-state index is 12.2. The van der Waals surface area contributed by atoms with E-state index in [0.717, 1.165) is 45.1 Å². The lowest BCUT2D eigenvalue weighted by atomic mass is 10.0. The van der Waals surface area contributed by atoms with Crippen LogP contribution in [-0.4, -0.2) is 43.8 Å². The van der Waals surface area contributed by atoms with E-state index >= 15 is 0 Å². The van der Waals surface area contributed by atoms with Crippen molar-refractivity contribution in [2.45, 2.75) is 129 Å². The van der Waals surface area contributed by atoms with Gasteiger partial charge in [-0.15, -0.1) is 0 Å². The van der Waals surface area contributed by atoms with Crippen molar-refractivity contribution in [1.82, 2.24) is 4.90 Å². The molecule has 1 atom stereocenters. The molecule has 1 unspecified atom stereocenters. The molecule has 1 N–H and O–H groups in total. The summed E-state index contributed by atoms with van der Waals surface area (Å²) in [5.74, 6) is -0.0117. The highest BCUT2D eigenvalue weighted by atomic mass is 16.5. The second kappa shape index (κ2) is 21.8. The van der Waals surface area contributed by atoms with E-state index in [1.54, 1.807) is 0 Å². The molecule has 0 saturated carbocycles. The summed E-state index contributed by atoms with van der Waals surface area (Å²) in [4.78, 5) is 14.3. The first-order chi connectivity index (χ1) is 14.1. The number of ether oxygens (including phenoxy) is 1. The average molecular weight is 411 g/mol. The Labute approximate surface area is 181 Å². The van der Waals surface area contributed by atoms with Gasteiger partial charge in [0.1, 0.15) is 6.10 Å². The van der Waals surface area contributed by atoms with Crippen LogP contribution in [0, 0.1) is 5.41 Å². The highest BCUT2D eigenvalue weighted by Crippen LogP contribution is 2.18. The van der Waals surface area contributed by atoms with Crippen LogP contribution in [0.1, 0.15) is 122 Å². The molecule has 0 bridgehead atoms. The number of unbranched alkanes of at least 4 members (excludes halogenated alkanes) is 12. The van der Waals surface area contributed by atoms with Crippen LogP contribution >= 0.6 is 0 Å². The summed E-state index contributed by atoms with van der Waals surface area (Å²) >= 11 is 0. The lowest BCUT2D eigenvalue weighted by molar-refractivity contribution is -0.150. The first-order valence-electron chi connectivity index (χ1n) is 12.4. The monoisotopic (exact) mass is 410 g/mol. The van der Waals surface area contributed by atoms with Gasteiger partial charge in [-0.3, -0.25) is 4.79 Å². The van der Waals surface area contributed by atoms with Crippen LogP contribution in [0.25, 0.3) is 0 Å². The standard InChI is InChI=1S/C25H50N2O2/c1-4-5-6-7-8-9-12-15-19-24(20-16-13-10-11-14-17-22-26)29-25(28)21-18-23-27(2)3/h22,24,26H,4-21,23H2,1-3H3. The van der Waals surface area contributed by atoms with Crippen LogP contribution in [0.2, 0.25) is 0 Å². The summed E-state index contributed by atoms with van der Waals surface area (Å²) in [6.07, 6.45) is 22.5. The summed E-state index contributed by atoms with van der Waals surface area (Å²) in [7, 11) is 4.08. The van der Waals surface area contributed by atoms with Gasteiger partial charge in [0.15, 0.2) is 0 Å². The molecule has 0 aromatic rings. The number of esters is 1. The molecule has 0 amide bonds. The zero-order valence-corrected chi connectivity index (χ0v) is 19.9. The third kappa shape index (κ3) is 21.6. The molecular weight excluding hydrogens is 360 g/mol. The van der Waals surface area contributed by atoms with E-state index in [9.17, 15) is 4.79 Å². The highest BCUT2D eigenvalue weighted by Gasteiger charge is 2.14. The SMILES string of the molecule is CCCCCCCCCCC(CCCCCCCC=N)OC(=O)CCCN(C)C. The van der Waals surface area contributed by atoms with Gasteiger partial charge in [0.05, 0.1) is 0 Å². The highest BCUT2D eigenvalue weighted by molar-refractivity contribution is 5.69. The van der Waals surface area contributed by atoms with Crippen molar-refractivity contribution in [3.8, 4) is 0 Å². The van der Waals surface area contributed by atoms with Crippen molar-refractivity contribution in [3.05, 3.63) is 0 Å². The van der Waals surface area contributed by atoms with Crippen molar-refractivity contribution in [1.29, 1.82) is 5.41 Å². The molecule has 0 rings (SSSR count). The van der Waals surface area contributed by atoms with Crippen molar-refractivity contribution < 1.29 is 9.53 Å². The van der Waals surface area contributed by atoms with E-state index in [1.807, 2.05) is 14.1 Å². The number of carbonyl (C=O) groups is 1. The fourth-order valence-electron chi connectivity index (χ4n) is 3.70. The molecule has 0 aliphatic heterocycles. The molecule has 0 heterocycles. The van der Waals surface area contributed by atoms with E-state index in [0.29, 0.717) is 6.42 Å². The number of nitrogens with zero attached hydrogens (tertiary/aromatic N) is 1. The maximum Gasteiger partial charge on any atom is 0.306 e. The van der Waals surface area contributed by atoms with Crippen molar-refractivity contribution >= 4 is 12.2 Å². The van der Waals surface area contributed by atoms with Crippen LogP contribution in [0.3, 0.4) is 0 Å². The van der Waals surface area contributed by atoms with Gasteiger partial charge < -0.3 is 15.0 Å². The lowest BCUT2D eigenvalue weighted by Crippen LogP contribution is -2.20. The Hall–Kier alpha value is -0.900. The van der Waals surface area contributed by atoms with Gasteiger partial charge in [-0.1, -0.05) is 71.1 Å². The molecule has 0 aromatic heterocycles. The van der Waals surface area contributed by atoms with E-state index < -0.39 is 0 Å². The molecule has 4 heteroatoms. The topological polar surface area (TPSA) is 53.4 Å². The molecule has 0 aromatic carbocycles. The second-order valence-electron chi connectivity index (χ2n) is 8.83. The lowest BCUT2D eigenvalue weighted by Gasteiger charge is -2.18. The van der Waals surface area contributed by atoms with Gasteiger partial charge in [-0.05, 0) is 71.8 Å². The van der Waals surface area contributed by atoms with Crippen molar-refractivity contribution in [2.24, 2.45) is 0 Å². The van der Waals surface area contributed by atoms with Gasteiger partial charge in [-0.25, -0.2) is 0 Å². The first-order valence-corrected chi connectivity index (χ1v) is 12.4. The predicted octanol–water partition coefficient (Wildman–Crippen LogP) is 7.15. The average Bonchev–Trinajstić information content (AvgIpc) is 2.68. The largest absolute Gasteiger partial charge is 0.462 e. The fourth-order valence-corrected chi connectivity index (χ4v) is 3.70. The Morgan fingerprint density at radius 3 is 1.86 bits per heavy atom. The summed E-state index contributed by atoms with van der Waals surface area (Å²) in [6.45, 7) is 3.20. The van der Waals surface area contributed by atoms with E-state index in [-0.39, 0.29) is 12.1 Å². The number of hydrogen-bond acceptors (Lipinski definition) is 4. The molecule has 0 fully saturated rings. The summed E-state index contributed by atoms with van der Waals surface area (Å²) in [6, 6.07) is 0. The first kappa shape index (κ1) is 28.1. The number of rotatable bonds is 22. The van der Waals surface area contributed by atoms with Crippen LogP contribution in [-0.2, 0) is 9.53 Å². The minimum absolute atomic E-state index is 0.0117. The Kier molecular flexibility index (Phi) is 21.1. The van der Waals surface area contributed by atoms with Crippen molar-refractivity contribution in [2.75, 3.05) is 20.6 Å². The Balaban J connectivity index is 4.03. The van der Waals surface area contributed by atoms with Crippen LogP contribution < -0.4 is 0 Å². The van der Waals surface area contributed by atoms with Crippen LogP contribution in [0.15, 0.2) is 0 Å². The third-order valence-electron chi connectivity index (χ3n) is 5.54. The molecule has 29 heavy (non-hydrogen) atoms. The Morgan fingerprint density at radius 2 is 1.34 bits per heavy atom. The summed E-state index contributed by atoms with van der Waals surface area (Å²) < 4.78 is 5.85. The summed E-state index contributed by atoms with van der Waals surface area (Å²) in [5, 5.41) is 7.07. The summed E-state index contributed by atoms with van der Waals surface area (Å²) in [5.41, 5.74) is 0. The zero-order chi connectivity index (χ0) is 21.6. The normalized spacial score (nSPS) is 12.3. The minimum atomic E-state index is -0.0117. The van der Waals surface area contributed by atoms with Crippen LogP contribution in [0.4, 0.5) is 0 Å². The molecule has 0 saturated heterocycles. The Bertz CT molecular complexity index is 372. The number of hydrogen-bond donors (Lipinski definition) is 1. The maximum atomic E-state index is 12.2. The molecule has 0 aliphatic carbocycles. The number of carbonyl (C=O) groups excluding carboxylic acids is 1. The predicted molar refractivity (Wildman–Crippen MR) is 126 cm³/mol. The fraction of sp³-hybridized carbons (Fsp3) is 0.920. The Morgan fingerprint density at radius 1 is 0.828 bits per heavy atom.